The monoisotopic (exact) mass is 374 g/mol. The third kappa shape index (κ3) is 3.82. The van der Waals surface area contributed by atoms with Crippen molar-refractivity contribution >= 4 is 10.0 Å². The van der Waals surface area contributed by atoms with E-state index in [2.05, 4.69) is 10.0 Å². The van der Waals surface area contributed by atoms with Crippen LogP contribution in [0.3, 0.4) is 0 Å². The molecule has 4 rings (SSSR count). The van der Waals surface area contributed by atoms with Crippen LogP contribution in [0.1, 0.15) is 36.0 Å². The lowest BCUT2D eigenvalue weighted by Gasteiger charge is -2.18. The molecule has 0 aromatic heterocycles. The topological polar surface area (TPSA) is 58.2 Å². The molecule has 2 aliphatic rings. The number of hydrogen-bond acceptors (Lipinski definition) is 3. The summed E-state index contributed by atoms with van der Waals surface area (Å²) in [5.41, 5.74) is 2.61. The van der Waals surface area contributed by atoms with Crippen LogP contribution >= 0.6 is 0 Å². The Kier molecular flexibility index (Phi) is 4.59. The third-order valence-electron chi connectivity index (χ3n) is 5.24. The van der Waals surface area contributed by atoms with Gasteiger partial charge in [-0.15, -0.1) is 0 Å². The number of halogens is 1. The summed E-state index contributed by atoms with van der Waals surface area (Å²) in [6.07, 6.45) is 3.96. The van der Waals surface area contributed by atoms with Crippen molar-refractivity contribution in [3.05, 3.63) is 65.0 Å². The molecule has 0 atom stereocenters. The van der Waals surface area contributed by atoms with Crippen LogP contribution in [0.25, 0.3) is 0 Å². The summed E-state index contributed by atoms with van der Waals surface area (Å²) < 4.78 is 42.1. The minimum absolute atomic E-state index is 0.291. The molecule has 0 bridgehead atoms. The average molecular weight is 374 g/mol. The molecule has 138 valence electrons. The van der Waals surface area contributed by atoms with E-state index in [9.17, 15) is 12.8 Å². The van der Waals surface area contributed by atoms with Gasteiger partial charge in [0.15, 0.2) is 0 Å². The molecule has 1 saturated carbocycles. The molecule has 2 aromatic rings. The van der Waals surface area contributed by atoms with Crippen LogP contribution in [0.15, 0.2) is 47.4 Å². The van der Waals surface area contributed by atoms with E-state index in [1.54, 1.807) is 12.1 Å². The molecule has 0 radical (unpaired) electrons. The van der Waals surface area contributed by atoms with Crippen LogP contribution < -0.4 is 10.0 Å². The van der Waals surface area contributed by atoms with Gasteiger partial charge in [-0.1, -0.05) is 18.2 Å². The van der Waals surface area contributed by atoms with E-state index in [0.29, 0.717) is 11.3 Å². The van der Waals surface area contributed by atoms with Gasteiger partial charge in [0.25, 0.3) is 0 Å². The Labute approximate surface area is 153 Å². The highest BCUT2D eigenvalue weighted by Crippen LogP contribution is 2.40. The fraction of sp³-hybridized carbons (Fsp3) is 0.400. The molecule has 26 heavy (non-hydrogen) atoms. The van der Waals surface area contributed by atoms with Crippen LogP contribution in [0.5, 0.6) is 0 Å². The first kappa shape index (κ1) is 17.6. The summed E-state index contributed by atoms with van der Waals surface area (Å²) in [5.74, 6) is -0.291. The van der Waals surface area contributed by atoms with E-state index >= 15 is 0 Å². The van der Waals surface area contributed by atoms with Crippen molar-refractivity contribution < 1.29 is 12.8 Å². The van der Waals surface area contributed by atoms with E-state index in [1.165, 1.54) is 17.7 Å². The lowest BCUT2D eigenvalue weighted by molar-refractivity contribution is 0.538. The van der Waals surface area contributed by atoms with Gasteiger partial charge in [-0.05, 0) is 79.6 Å². The molecular weight excluding hydrogens is 351 g/mol. The highest BCUT2D eigenvalue weighted by Gasteiger charge is 2.46. The van der Waals surface area contributed by atoms with E-state index in [4.69, 9.17) is 0 Å². The molecule has 4 nitrogen and oxygen atoms in total. The smallest absolute Gasteiger partial charge is 0.241 e. The molecule has 6 heteroatoms. The lowest BCUT2D eigenvalue weighted by Crippen LogP contribution is -2.38. The molecule has 2 N–H and O–H groups in total. The Balaban J connectivity index is 1.54. The van der Waals surface area contributed by atoms with Crippen molar-refractivity contribution in [3.63, 3.8) is 0 Å². The Morgan fingerprint density at radius 3 is 2.73 bits per heavy atom. The number of hydrogen-bond donors (Lipinski definition) is 2. The summed E-state index contributed by atoms with van der Waals surface area (Å²) in [6, 6.07) is 11.8. The zero-order chi connectivity index (χ0) is 18.2. The Morgan fingerprint density at radius 1 is 1.12 bits per heavy atom. The van der Waals surface area contributed by atoms with Crippen molar-refractivity contribution in [2.45, 2.75) is 49.1 Å². The maximum atomic E-state index is 13.4. The normalized spacial score (nSPS) is 18.8. The summed E-state index contributed by atoms with van der Waals surface area (Å²) in [4.78, 5) is 0.323. The lowest BCUT2D eigenvalue weighted by atomic mass is 10.0. The second-order valence-electron chi connectivity index (χ2n) is 7.40. The number of fused-ring (bicyclic) bond motifs is 1. The van der Waals surface area contributed by atoms with Crippen LogP contribution in [-0.4, -0.2) is 20.5 Å². The fourth-order valence-corrected chi connectivity index (χ4v) is 5.16. The first-order valence-corrected chi connectivity index (χ1v) is 10.6. The molecule has 0 spiro atoms. The molecule has 0 unspecified atom stereocenters. The Morgan fingerprint density at radius 2 is 1.96 bits per heavy atom. The van der Waals surface area contributed by atoms with Gasteiger partial charge in [0.05, 0.1) is 4.90 Å². The van der Waals surface area contributed by atoms with Crippen LogP contribution in [0, 0.1) is 5.82 Å². The van der Waals surface area contributed by atoms with Gasteiger partial charge in [-0.3, -0.25) is 0 Å². The molecule has 1 aliphatic carbocycles. The molecule has 1 heterocycles. The predicted molar refractivity (Wildman–Crippen MR) is 98.9 cm³/mol. The largest absolute Gasteiger partial charge is 0.313 e. The molecule has 1 aliphatic heterocycles. The fourth-order valence-electron chi connectivity index (χ4n) is 3.65. The number of sulfonamides is 1. The van der Waals surface area contributed by atoms with Crippen molar-refractivity contribution in [2.75, 3.05) is 6.54 Å². The van der Waals surface area contributed by atoms with Crippen molar-refractivity contribution in [1.29, 1.82) is 0 Å². The zero-order valence-electron chi connectivity index (χ0n) is 14.6. The SMILES string of the molecule is O=S(=O)(NC1(Cc2cccc(F)c2)CC1)c1ccc2c(c1)CCCNC2. The van der Waals surface area contributed by atoms with Gasteiger partial charge in [0.1, 0.15) is 5.82 Å². The standard InChI is InChI=1S/C20H23FN2O2S/c21-18-5-1-3-15(11-18)13-20(8-9-20)23-26(24,25)19-7-6-17-14-22-10-2-4-16(17)12-19/h1,3,5-7,11-12,22-23H,2,4,8-10,13-14H2. The summed E-state index contributed by atoms with van der Waals surface area (Å²) in [5, 5.41) is 3.35. The van der Waals surface area contributed by atoms with E-state index in [1.807, 2.05) is 18.2 Å². The Hall–Kier alpha value is -1.76. The van der Waals surface area contributed by atoms with Crippen molar-refractivity contribution in [1.82, 2.24) is 10.0 Å². The van der Waals surface area contributed by atoms with E-state index in [-0.39, 0.29) is 5.82 Å². The van der Waals surface area contributed by atoms with Crippen molar-refractivity contribution in [2.24, 2.45) is 0 Å². The first-order chi connectivity index (χ1) is 12.5. The molecule has 0 saturated heterocycles. The minimum Gasteiger partial charge on any atom is -0.313 e. The Bertz CT molecular complexity index is 923. The zero-order valence-corrected chi connectivity index (χ0v) is 15.4. The number of nitrogens with one attached hydrogen (secondary N) is 2. The maximum Gasteiger partial charge on any atom is 0.241 e. The van der Waals surface area contributed by atoms with Gasteiger partial charge in [-0.2, -0.15) is 0 Å². The highest BCUT2D eigenvalue weighted by atomic mass is 32.2. The minimum atomic E-state index is -3.60. The molecule has 1 fully saturated rings. The molecular formula is C20H23FN2O2S. The quantitative estimate of drug-likeness (QED) is 0.846. The van der Waals surface area contributed by atoms with Gasteiger partial charge in [0, 0.05) is 12.1 Å². The van der Waals surface area contributed by atoms with Gasteiger partial charge < -0.3 is 5.32 Å². The van der Waals surface area contributed by atoms with E-state index in [0.717, 1.165) is 49.9 Å². The summed E-state index contributed by atoms with van der Waals surface area (Å²) in [7, 11) is -3.60. The van der Waals surface area contributed by atoms with Gasteiger partial charge in [-0.25, -0.2) is 17.5 Å². The second kappa shape index (κ2) is 6.76. The van der Waals surface area contributed by atoms with Crippen LogP contribution in [0.4, 0.5) is 4.39 Å². The van der Waals surface area contributed by atoms with Gasteiger partial charge in [0.2, 0.25) is 10.0 Å². The van der Waals surface area contributed by atoms with Crippen LogP contribution in [0.2, 0.25) is 0 Å². The van der Waals surface area contributed by atoms with Crippen molar-refractivity contribution in [3.8, 4) is 0 Å². The summed E-state index contributed by atoms with van der Waals surface area (Å²) >= 11 is 0. The predicted octanol–water partition coefficient (Wildman–Crippen LogP) is 2.92. The van der Waals surface area contributed by atoms with Gasteiger partial charge >= 0.3 is 0 Å². The number of benzene rings is 2. The molecule has 0 amide bonds. The second-order valence-corrected chi connectivity index (χ2v) is 9.09. The molecule has 2 aromatic carbocycles. The summed E-state index contributed by atoms with van der Waals surface area (Å²) in [6.45, 7) is 1.73. The number of aryl methyl sites for hydroxylation is 1. The number of rotatable bonds is 5. The maximum absolute atomic E-state index is 13.4. The first-order valence-electron chi connectivity index (χ1n) is 9.07. The highest BCUT2D eigenvalue weighted by molar-refractivity contribution is 7.89. The van der Waals surface area contributed by atoms with Crippen LogP contribution in [-0.2, 0) is 29.4 Å². The van der Waals surface area contributed by atoms with E-state index < -0.39 is 15.6 Å². The third-order valence-corrected chi connectivity index (χ3v) is 6.82. The average Bonchev–Trinajstić information content (AvgIpc) is 3.37.